The van der Waals surface area contributed by atoms with Gasteiger partial charge in [-0.25, -0.2) is 0 Å². The Morgan fingerprint density at radius 2 is 1.89 bits per heavy atom. The van der Waals surface area contributed by atoms with Crippen LogP contribution in [0, 0.1) is 0 Å². The summed E-state index contributed by atoms with van der Waals surface area (Å²) in [6.07, 6.45) is 0.904. The van der Waals surface area contributed by atoms with E-state index in [0.717, 1.165) is 32.6 Å². The zero-order valence-corrected chi connectivity index (χ0v) is 4.76. The fourth-order valence-corrected chi connectivity index (χ4v) is 0.788. The van der Waals surface area contributed by atoms with Crippen LogP contribution in [0.4, 0.5) is 0 Å². The molecule has 0 aromatic heterocycles. The van der Waals surface area contributed by atoms with Crippen molar-refractivity contribution in [2.45, 2.75) is 0 Å². The van der Waals surface area contributed by atoms with Gasteiger partial charge in [0.15, 0.2) is 0 Å². The molecule has 0 unspecified atom stereocenters. The number of piperazine rings is 1. The molecule has 1 heterocycles. The van der Waals surface area contributed by atoms with E-state index in [0.29, 0.717) is 0 Å². The summed E-state index contributed by atoms with van der Waals surface area (Å²) in [6.45, 7) is 3.62. The van der Waals surface area contributed by atoms with Crippen LogP contribution in [-0.2, 0) is 4.79 Å². The van der Waals surface area contributed by atoms with E-state index < -0.39 is 0 Å². The van der Waals surface area contributed by atoms with Gasteiger partial charge in [0, 0.05) is 26.2 Å². The van der Waals surface area contributed by atoms with E-state index >= 15 is 0 Å². The Hall–Kier alpha value is 0.0274. The molecule has 3 nitrogen and oxygen atoms in total. The van der Waals surface area contributed by atoms with E-state index in [-0.39, 0.29) is 18.9 Å². The molecule has 1 saturated heterocycles. The molecule has 1 amide bonds. The van der Waals surface area contributed by atoms with Crippen molar-refractivity contribution in [3.63, 3.8) is 0 Å². The number of nitrogens with zero attached hydrogens (tertiary/aromatic N) is 1. The normalized spacial score (nSPS) is 18.4. The summed E-state index contributed by atoms with van der Waals surface area (Å²) in [5, 5.41) is 3.15. The van der Waals surface area contributed by atoms with Gasteiger partial charge < -0.3 is 10.2 Å². The van der Waals surface area contributed by atoms with Crippen molar-refractivity contribution in [1.29, 1.82) is 0 Å². The topological polar surface area (TPSA) is 32.3 Å². The van der Waals surface area contributed by atoms with Crippen LogP contribution in [0.5, 0.6) is 0 Å². The molecule has 4 heteroatoms. The standard InChI is InChI=1S/C5H10N2O.Li.H/c8-5-7-3-1-6-2-4-7;;/h5-6H,1-4H2;;. The van der Waals surface area contributed by atoms with Crippen molar-refractivity contribution in [3.8, 4) is 0 Å². The van der Waals surface area contributed by atoms with E-state index in [1.54, 1.807) is 4.90 Å². The molecule has 1 aliphatic rings. The second kappa shape index (κ2) is 4.86. The number of carbonyl (C=O) groups is 1. The second-order valence-corrected chi connectivity index (χ2v) is 1.89. The number of hydrogen-bond acceptors (Lipinski definition) is 2. The molecule has 0 aromatic carbocycles. The van der Waals surface area contributed by atoms with Crippen LogP contribution in [0.1, 0.15) is 0 Å². The monoisotopic (exact) mass is 122 g/mol. The van der Waals surface area contributed by atoms with Gasteiger partial charge in [0.25, 0.3) is 0 Å². The van der Waals surface area contributed by atoms with Crippen molar-refractivity contribution in [3.05, 3.63) is 0 Å². The van der Waals surface area contributed by atoms with Crippen molar-refractivity contribution in [2.75, 3.05) is 26.2 Å². The number of hydrogen-bond donors (Lipinski definition) is 1. The number of nitrogens with one attached hydrogen (secondary N) is 1. The van der Waals surface area contributed by atoms with E-state index in [1.165, 1.54) is 0 Å². The summed E-state index contributed by atoms with van der Waals surface area (Å²) in [4.78, 5) is 11.8. The van der Waals surface area contributed by atoms with Crippen LogP contribution < -0.4 is 5.32 Å². The Morgan fingerprint density at radius 1 is 1.33 bits per heavy atom. The van der Waals surface area contributed by atoms with E-state index in [1.807, 2.05) is 0 Å². The molecule has 0 bridgehead atoms. The van der Waals surface area contributed by atoms with Crippen LogP contribution in [0.3, 0.4) is 0 Å². The van der Waals surface area contributed by atoms with Gasteiger partial charge in [-0.05, 0) is 0 Å². The van der Waals surface area contributed by atoms with Gasteiger partial charge in [-0.15, -0.1) is 0 Å². The van der Waals surface area contributed by atoms with Gasteiger partial charge in [-0.3, -0.25) is 4.79 Å². The average Bonchev–Trinajstić information content (AvgIpc) is 1.90. The summed E-state index contributed by atoms with van der Waals surface area (Å²) in [7, 11) is 0. The molecular weight excluding hydrogens is 111 g/mol. The van der Waals surface area contributed by atoms with Gasteiger partial charge in [-0.1, -0.05) is 0 Å². The molecule has 0 spiro atoms. The Morgan fingerprint density at radius 3 is 2.22 bits per heavy atom. The SMILES string of the molecule is O=CN1CCNCC1.[LiH]. The molecule has 0 atom stereocenters. The summed E-state index contributed by atoms with van der Waals surface area (Å²) in [5.74, 6) is 0. The molecule has 1 rings (SSSR count). The molecule has 48 valence electrons. The number of carbonyl (C=O) groups excluding carboxylic acids is 1. The summed E-state index contributed by atoms with van der Waals surface area (Å²) >= 11 is 0. The summed E-state index contributed by atoms with van der Waals surface area (Å²) in [5.41, 5.74) is 0. The van der Waals surface area contributed by atoms with Crippen LogP contribution in [0.15, 0.2) is 0 Å². The minimum absolute atomic E-state index is 0. The maximum absolute atomic E-state index is 10.1. The van der Waals surface area contributed by atoms with Crippen molar-refractivity contribution < 1.29 is 4.79 Å². The van der Waals surface area contributed by atoms with Gasteiger partial charge >= 0.3 is 18.9 Å². The van der Waals surface area contributed by atoms with Crippen LogP contribution in [-0.4, -0.2) is 56.3 Å². The van der Waals surface area contributed by atoms with E-state index in [9.17, 15) is 4.79 Å². The zero-order chi connectivity index (χ0) is 5.82. The van der Waals surface area contributed by atoms with Crippen molar-refractivity contribution in [2.24, 2.45) is 0 Å². The first kappa shape index (κ1) is 9.03. The predicted molar refractivity (Wildman–Crippen MR) is 37.7 cm³/mol. The fraction of sp³-hybridized carbons (Fsp3) is 0.800. The Balaban J connectivity index is 0.000000640. The average molecular weight is 122 g/mol. The molecule has 0 saturated carbocycles. The first-order valence-corrected chi connectivity index (χ1v) is 2.83. The first-order chi connectivity index (χ1) is 3.93. The molecule has 0 aliphatic carbocycles. The third-order valence-electron chi connectivity index (χ3n) is 1.30. The molecule has 0 radical (unpaired) electrons. The molecule has 1 N–H and O–H groups in total. The van der Waals surface area contributed by atoms with Crippen molar-refractivity contribution in [1.82, 2.24) is 10.2 Å². The maximum atomic E-state index is 10.1. The Bertz CT molecular complexity index is 83.0. The number of rotatable bonds is 1. The predicted octanol–water partition coefficient (Wildman–Crippen LogP) is -1.60. The Labute approximate surface area is 67.0 Å². The molecular formula is C5H11LiN2O. The molecule has 1 aliphatic heterocycles. The third-order valence-corrected chi connectivity index (χ3v) is 1.30. The van der Waals surface area contributed by atoms with Crippen molar-refractivity contribution >= 4 is 25.3 Å². The summed E-state index contributed by atoms with van der Waals surface area (Å²) in [6, 6.07) is 0. The van der Waals surface area contributed by atoms with Gasteiger partial charge in [0.05, 0.1) is 0 Å². The fourth-order valence-electron chi connectivity index (χ4n) is 0.788. The second-order valence-electron chi connectivity index (χ2n) is 1.89. The third kappa shape index (κ3) is 2.90. The Kier molecular flexibility index (Phi) is 4.88. The minimum atomic E-state index is 0. The number of amides is 1. The van der Waals surface area contributed by atoms with Gasteiger partial charge in [0.2, 0.25) is 6.41 Å². The van der Waals surface area contributed by atoms with Gasteiger partial charge in [0.1, 0.15) is 0 Å². The molecule has 1 fully saturated rings. The molecule has 0 aromatic rings. The van der Waals surface area contributed by atoms with Crippen LogP contribution >= 0.6 is 0 Å². The van der Waals surface area contributed by atoms with E-state index in [4.69, 9.17) is 0 Å². The van der Waals surface area contributed by atoms with Crippen LogP contribution in [0.2, 0.25) is 0 Å². The quantitative estimate of drug-likeness (QED) is 0.335. The van der Waals surface area contributed by atoms with Gasteiger partial charge in [-0.2, -0.15) is 0 Å². The zero-order valence-electron chi connectivity index (χ0n) is 4.76. The summed E-state index contributed by atoms with van der Waals surface area (Å²) < 4.78 is 0. The molecule has 9 heavy (non-hydrogen) atoms. The first-order valence-electron chi connectivity index (χ1n) is 2.83. The van der Waals surface area contributed by atoms with E-state index in [2.05, 4.69) is 5.32 Å². The van der Waals surface area contributed by atoms with Crippen LogP contribution in [0.25, 0.3) is 0 Å².